The number of hydrogen-bond acceptors (Lipinski definition) is 2. The van der Waals surface area contributed by atoms with Crippen LogP contribution in [0.1, 0.15) is 15.9 Å². The highest BCUT2D eigenvalue weighted by molar-refractivity contribution is 5.95. The first-order valence-corrected chi connectivity index (χ1v) is 8.47. The van der Waals surface area contributed by atoms with E-state index in [2.05, 4.69) is 5.10 Å². The van der Waals surface area contributed by atoms with Crippen LogP contribution in [0.5, 0.6) is 0 Å². The van der Waals surface area contributed by atoms with E-state index in [1.807, 2.05) is 0 Å². The second-order valence-corrected chi connectivity index (χ2v) is 6.38. The van der Waals surface area contributed by atoms with E-state index in [4.69, 9.17) is 5.11 Å². The quantitative estimate of drug-likeness (QED) is 0.490. The Morgan fingerprint density at radius 3 is 2.45 bits per heavy atom. The molecule has 0 unspecified atom stereocenters. The molecule has 1 N–H and O–H groups in total. The predicted molar refractivity (Wildman–Crippen MR) is 97.5 cm³/mol. The van der Waals surface area contributed by atoms with E-state index >= 15 is 0 Å². The van der Waals surface area contributed by atoms with E-state index in [-0.39, 0.29) is 39.8 Å². The number of aromatic nitrogens is 2. The van der Waals surface area contributed by atoms with Gasteiger partial charge in [-0.2, -0.15) is 5.10 Å². The summed E-state index contributed by atoms with van der Waals surface area (Å²) in [4.78, 5) is 11.0. The fraction of sp³-hybridized carbons (Fsp3) is 0.0476. The summed E-state index contributed by atoms with van der Waals surface area (Å²) in [6.45, 7) is -0.210. The van der Waals surface area contributed by atoms with Gasteiger partial charge in [-0.15, -0.1) is 0 Å². The average molecular weight is 400 g/mol. The minimum Gasteiger partial charge on any atom is -0.478 e. The monoisotopic (exact) mass is 400 g/mol. The lowest BCUT2D eigenvalue weighted by atomic mass is 10.0. The van der Waals surface area contributed by atoms with Crippen molar-refractivity contribution in [3.05, 3.63) is 89.0 Å². The first-order valence-electron chi connectivity index (χ1n) is 8.47. The van der Waals surface area contributed by atoms with E-state index in [1.54, 1.807) is 0 Å². The van der Waals surface area contributed by atoms with Gasteiger partial charge in [0.05, 0.1) is 23.0 Å². The van der Waals surface area contributed by atoms with Crippen molar-refractivity contribution in [1.82, 2.24) is 9.78 Å². The average Bonchev–Trinajstić information content (AvgIpc) is 3.04. The van der Waals surface area contributed by atoms with Crippen LogP contribution in [0, 0.1) is 23.3 Å². The summed E-state index contributed by atoms with van der Waals surface area (Å²) in [5.74, 6) is -4.18. The third kappa shape index (κ3) is 3.33. The van der Waals surface area contributed by atoms with Crippen LogP contribution >= 0.6 is 0 Å². The topological polar surface area (TPSA) is 55.1 Å². The molecular formula is C21H12F4N2O2. The van der Waals surface area contributed by atoms with E-state index < -0.39 is 29.2 Å². The van der Waals surface area contributed by atoms with E-state index in [0.717, 1.165) is 24.3 Å². The normalized spacial score (nSPS) is 11.2. The Balaban J connectivity index is 1.90. The molecule has 4 aromatic rings. The molecule has 4 rings (SSSR count). The molecule has 0 bridgehead atoms. The minimum absolute atomic E-state index is 0.00749. The molecule has 1 heterocycles. The fourth-order valence-electron chi connectivity index (χ4n) is 3.16. The van der Waals surface area contributed by atoms with E-state index in [0.29, 0.717) is 0 Å². The van der Waals surface area contributed by atoms with Crippen LogP contribution in [0.2, 0.25) is 0 Å². The molecule has 4 nitrogen and oxygen atoms in total. The highest BCUT2D eigenvalue weighted by Crippen LogP contribution is 2.32. The Hall–Kier alpha value is -3.68. The summed E-state index contributed by atoms with van der Waals surface area (Å²) < 4.78 is 57.9. The number of fused-ring (bicyclic) bond motifs is 1. The maximum Gasteiger partial charge on any atom is 0.335 e. The van der Waals surface area contributed by atoms with Crippen molar-refractivity contribution in [3.8, 4) is 11.3 Å². The zero-order valence-corrected chi connectivity index (χ0v) is 14.7. The van der Waals surface area contributed by atoms with Gasteiger partial charge >= 0.3 is 5.97 Å². The molecule has 3 aromatic carbocycles. The maximum atomic E-state index is 14.6. The number of aromatic carboxylic acids is 1. The van der Waals surface area contributed by atoms with Crippen molar-refractivity contribution in [2.45, 2.75) is 6.54 Å². The molecule has 0 aliphatic rings. The summed E-state index contributed by atoms with van der Waals surface area (Å²) in [6.07, 6.45) is 0. The number of nitrogens with zero attached hydrogens (tertiary/aromatic N) is 2. The van der Waals surface area contributed by atoms with Crippen LogP contribution in [-0.2, 0) is 6.54 Å². The van der Waals surface area contributed by atoms with Crippen LogP contribution in [0.4, 0.5) is 17.6 Å². The zero-order valence-electron chi connectivity index (χ0n) is 14.7. The Labute approximate surface area is 161 Å². The lowest BCUT2D eigenvalue weighted by molar-refractivity contribution is 0.0696. The molecule has 0 spiro atoms. The SMILES string of the molecule is O=C(O)c1ccc(-c2nn(Cc3cc(F)ccc3F)c3cccc(F)c23)c(F)c1. The number of carboxylic acids is 1. The number of halogens is 4. The molecule has 0 amide bonds. The van der Waals surface area contributed by atoms with Gasteiger partial charge in [0.25, 0.3) is 0 Å². The second kappa shape index (κ2) is 7.05. The van der Waals surface area contributed by atoms with Gasteiger partial charge in [-0.1, -0.05) is 6.07 Å². The van der Waals surface area contributed by atoms with Gasteiger partial charge in [-0.05, 0) is 48.5 Å². The number of benzene rings is 3. The predicted octanol–water partition coefficient (Wildman–Crippen LogP) is 5.01. The number of rotatable bonds is 4. The molecule has 0 aliphatic carbocycles. The molecule has 29 heavy (non-hydrogen) atoms. The highest BCUT2D eigenvalue weighted by Gasteiger charge is 2.20. The molecule has 0 fully saturated rings. The van der Waals surface area contributed by atoms with Crippen molar-refractivity contribution in [3.63, 3.8) is 0 Å². The van der Waals surface area contributed by atoms with Gasteiger partial charge in [-0.25, -0.2) is 22.4 Å². The van der Waals surface area contributed by atoms with Crippen molar-refractivity contribution >= 4 is 16.9 Å². The Bertz CT molecular complexity index is 1270. The minimum atomic E-state index is -1.31. The summed E-state index contributed by atoms with van der Waals surface area (Å²) in [5.41, 5.74) is -0.192. The third-order valence-corrected chi connectivity index (χ3v) is 4.53. The van der Waals surface area contributed by atoms with Crippen LogP contribution in [0.3, 0.4) is 0 Å². The van der Waals surface area contributed by atoms with Gasteiger partial charge < -0.3 is 5.11 Å². The number of hydrogen-bond donors (Lipinski definition) is 1. The Kier molecular flexibility index (Phi) is 4.54. The Morgan fingerprint density at radius 2 is 1.72 bits per heavy atom. The van der Waals surface area contributed by atoms with Crippen molar-refractivity contribution in [2.24, 2.45) is 0 Å². The standard InChI is InChI=1S/C21H12F4N2O2/c22-13-5-7-15(23)12(8-13)10-27-18-3-1-2-16(24)19(18)20(26-27)14-6-4-11(21(28)29)9-17(14)25/h1-9H,10H2,(H,28,29). The molecule has 146 valence electrons. The van der Waals surface area contributed by atoms with E-state index in [1.165, 1.54) is 35.0 Å². The smallest absolute Gasteiger partial charge is 0.335 e. The van der Waals surface area contributed by atoms with Crippen LogP contribution < -0.4 is 0 Å². The Morgan fingerprint density at radius 1 is 0.931 bits per heavy atom. The molecule has 0 radical (unpaired) electrons. The number of carbonyl (C=O) groups is 1. The first-order chi connectivity index (χ1) is 13.8. The van der Waals surface area contributed by atoms with E-state index in [9.17, 15) is 22.4 Å². The van der Waals surface area contributed by atoms with Gasteiger partial charge in [-0.3, -0.25) is 4.68 Å². The van der Waals surface area contributed by atoms with Crippen molar-refractivity contribution in [1.29, 1.82) is 0 Å². The lowest BCUT2D eigenvalue weighted by Gasteiger charge is -2.05. The molecule has 0 aliphatic heterocycles. The van der Waals surface area contributed by atoms with Gasteiger partial charge in [0.2, 0.25) is 0 Å². The second-order valence-electron chi connectivity index (χ2n) is 6.38. The van der Waals surface area contributed by atoms with Crippen LogP contribution in [-0.4, -0.2) is 20.9 Å². The molecule has 0 saturated carbocycles. The summed E-state index contributed by atoms with van der Waals surface area (Å²) in [5, 5.41) is 13.2. The summed E-state index contributed by atoms with van der Waals surface area (Å²) in [7, 11) is 0. The van der Waals surface area contributed by atoms with Gasteiger partial charge in [0.1, 0.15) is 29.0 Å². The van der Waals surface area contributed by atoms with Gasteiger partial charge in [0, 0.05) is 11.1 Å². The van der Waals surface area contributed by atoms with Crippen LogP contribution in [0.25, 0.3) is 22.2 Å². The molecular weight excluding hydrogens is 388 g/mol. The molecule has 1 aromatic heterocycles. The summed E-state index contributed by atoms with van der Waals surface area (Å²) in [6, 6.07) is 10.3. The molecule has 8 heteroatoms. The van der Waals surface area contributed by atoms with Crippen molar-refractivity contribution < 1.29 is 27.5 Å². The fourth-order valence-corrected chi connectivity index (χ4v) is 3.16. The van der Waals surface area contributed by atoms with Crippen LogP contribution in [0.15, 0.2) is 54.6 Å². The van der Waals surface area contributed by atoms with Crippen molar-refractivity contribution in [2.75, 3.05) is 0 Å². The first kappa shape index (κ1) is 18.7. The lowest BCUT2D eigenvalue weighted by Crippen LogP contribution is -2.04. The maximum absolute atomic E-state index is 14.6. The molecule has 0 atom stereocenters. The highest BCUT2D eigenvalue weighted by atomic mass is 19.1. The zero-order chi connectivity index (χ0) is 20.7. The largest absolute Gasteiger partial charge is 0.478 e. The van der Waals surface area contributed by atoms with Gasteiger partial charge in [0.15, 0.2) is 0 Å². The third-order valence-electron chi connectivity index (χ3n) is 4.53. The molecule has 0 saturated heterocycles. The number of carboxylic acid groups (broad SMARTS) is 1. The summed E-state index contributed by atoms with van der Waals surface area (Å²) >= 11 is 0.